The predicted octanol–water partition coefficient (Wildman–Crippen LogP) is 2.73. The van der Waals surface area contributed by atoms with E-state index in [0.29, 0.717) is 18.6 Å². The lowest BCUT2D eigenvalue weighted by Gasteiger charge is -2.36. The topological polar surface area (TPSA) is 56.9 Å². The number of hydrogen-bond acceptors (Lipinski definition) is 5. The molecular weight excluding hydrogens is 350 g/mol. The Labute approximate surface area is 165 Å². The first kappa shape index (κ1) is 17.6. The molecule has 1 fully saturated rings. The fourth-order valence-electron chi connectivity index (χ4n) is 4.89. The fourth-order valence-corrected chi connectivity index (χ4v) is 4.89. The summed E-state index contributed by atoms with van der Waals surface area (Å²) in [6.45, 7) is 3.83. The van der Waals surface area contributed by atoms with E-state index < -0.39 is 0 Å². The number of benzene rings is 1. The van der Waals surface area contributed by atoms with Crippen LogP contribution in [0.3, 0.4) is 0 Å². The second-order valence-corrected chi connectivity index (χ2v) is 8.15. The Kier molecular flexibility index (Phi) is 4.33. The van der Waals surface area contributed by atoms with Crippen LogP contribution in [0.2, 0.25) is 0 Å². The fraction of sp³-hybridized carbons (Fsp3) is 0.455. The highest BCUT2D eigenvalue weighted by atomic mass is 16.3. The second-order valence-electron chi connectivity index (χ2n) is 8.15. The molecule has 2 aliphatic rings. The van der Waals surface area contributed by atoms with Crippen molar-refractivity contribution in [2.24, 2.45) is 0 Å². The van der Waals surface area contributed by atoms with Crippen molar-refractivity contribution in [3.05, 3.63) is 59.0 Å². The van der Waals surface area contributed by atoms with Crippen molar-refractivity contribution in [2.75, 3.05) is 25.1 Å². The molecule has 2 aliphatic heterocycles. The van der Waals surface area contributed by atoms with Gasteiger partial charge in [-0.25, -0.2) is 9.50 Å². The molecular formula is C22H27N5O. The maximum Gasteiger partial charge on any atom is 0.155 e. The van der Waals surface area contributed by atoms with Crippen LogP contribution < -0.4 is 4.90 Å². The summed E-state index contributed by atoms with van der Waals surface area (Å²) >= 11 is 0. The Morgan fingerprint density at radius 2 is 2.04 bits per heavy atom. The van der Waals surface area contributed by atoms with Crippen LogP contribution >= 0.6 is 0 Å². The summed E-state index contributed by atoms with van der Waals surface area (Å²) in [5.74, 6) is 0. The molecule has 146 valence electrons. The van der Waals surface area contributed by atoms with Crippen LogP contribution in [0.15, 0.2) is 36.5 Å². The van der Waals surface area contributed by atoms with Crippen molar-refractivity contribution in [1.82, 2.24) is 19.5 Å². The van der Waals surface area contributed by atoms with E-state index in [1.54, 1.807) is 0 Å². The average molecular weight is 377 g/mol. The van der Waals surface area contributed by atoms with Crippen LogP contribution in [0.1, 0.15) is 41.4 Å². The standard InChI is InChI=1S/C22H27N5O/c1-15-11-22-23-13-19-20-8-7-18(12-21(19)27(22)24-15)26(20)14-16-3-5-17(6-4-16)25(2)9-10-28/h3-6,11,13,18,20,28H,7-10,12,14H2,1-2H3/t18-,20+/m1/s1. The van der Waals surface area contributed by atoms with Crippen LogP contribution in [0.5, 0.6) is 0 Å². The smallest absolute Gasteiger partial charge is 0.155 e. The highest BCUT2D eigenvalue weighted by molar-refractivity contribution is 5.47. The monoisotopic (exact) mass is 377 g/mol. The summed E-state index contributed by atoms with van der Waals surface area (Å²) < 4.78 is 2.07. The SMILES string of the molecule is Cc1cc2ncc3c(n2n1)C[C@H]1CC[C@@H]3N1Cc1ccc(N(C)CCO)cc1. The van der Waals surface area contributed by atoms with E-state index in [1.165, 1.54) is 29.7 Å². The third kappa shape index (κ3) is 2.88. The largest absolute Gasteiger partial charge is 0.395 e. The minimum absolute atomic E-state index is 0.172. The van der Waals surface area contributed by atoms with Crippen LogP contribution in [0.25, 0.3) is 5.65 Å². The van der Waals surface area contributed by atoms with Gasteiger partial charge >= 0.3 is 0 Å². The van der Waals surface area contributed by atoms with Crippen molar-refractivity contribution < 1.29 is 5.11 Å². The van der Waals surface area contributed by atoms with Gasteiger partial charge in [0.25, 0.3) is 0 Å². The number of anilines is 1. The maximum absolute atomic E-state index is 9.12. The minimum Gasteiger partial charge on any atom is -0.395 e. The first-order valence-electron chi connectivity index (χ1n) is 10.1. The van der Waals surface area contributed by atoms with E-state index in [1.807, 2.05) is 14.0 Å². The molecule has 2 aromatic heterocycles. The maximum atomic E-state index is 9.12. The van der Waals surface area contributed by atoms with Crippen molar-refractivity contribution in [2.45, 2.75) is 44.8 Å². The molecule has 0 radical (unpaired) electrons. The summed E-state index contributed by atoms with van der Waals surface area (Å²) in [5, 5.41) is 13.8. The van der Waals surface area contributed by atoms with Gasteiger partial charge in [-0.1, -0.05) is 12.1 Å². The molecule has 5 rings (SSSR count). The number of hydrogen-bond donors (Lipinski definition) is 1. The van der Waals surface area contributed by atoms with Gasteiger partial charge in [0.1, 0.15) is 0 Å². The molecule has 1 saturated heterocycles. The Morgan fingerprint density at radius 1 is 1.21 bits per heavy atom. The van der Waals surface area contributed by atoms with Crippen molar-refractivity contribution >= 4 is 11.3 Å². The highest BCUT2D eigenvalue weighted by Crippen LogP contribution is 2.44. The number of aliphatic hydroxyl groups is 1. The molecule has 1 aromatic carbocycles. The van der Waals surface area contributed by atoms with Gasteiger partial charge in [0.2, 0.25) is 0 Å². The first-order valence-corrected chi connectivity index (χ1v) is 10.1. The Balaban J connectivity index is 1.40. The van der Waals surface area contributed by atoms with E-state index in [4.69, 9.17) is 5.11 Å². The third-order valence-electron chi connectivity index (χ3n) is 6.35. The van der Waals surface area contributed by atoms with Crippen LogP contribution in [-0.2, 0) is 13.0 Å². The lowest BCUT2D eigenvalue weighted by Crippen LogP contribution is -2.38. The molecule has 4 heterocycles. The molecule has 0 aliphatic carbocycles. The Morgan fingerprint density at radius 3 is 2.82 bits per heavy atom. The predicted molar refractivity (Wildman–Crippen MR) is 110 cm³/mol. The van der Waals surface area contributed by atoms with Crippen molar-refractivity contribution in [3.8, 4) is 0 Å². The van der Waals surface area contributed by atoms with Gasteiger partial charge in [0.15, 0.2) is 5.65 Å². The lowest BCUT2D eigenvalue weighted by atomic mass is 9.98. The average Bonchev–Trinajstić information content (AvgIpc) is 3.20. The van der Waals surface area contributed by atoms with E-state index in [9.17, 15) is 0 Å². The normalized spacial score (nSPS) is 21.2. The van der Waals surface area contributed by atoms with Crippen molar-refractivity contribution in [1.29, 1.82) is 0 Å². The summed E-state index contributed by atoms with van der Waals surface area (Å²) in [6.07, 6.45) is 5.56. The number of aliphatic hydroxyl groups excluding tert-OH is 1. The molecule has 3 aromatic rings. The van der Waals surface area contributed by atoms with Gasteiger partial charge in [-0.05, 0) is 37.5 Å². The molecule has 0 unspecified atom stereocenters. The van der Waals surface area contributed by atoms with Crippen LogP contribution in [0, 0.1) is 6.92 Å². The van der Waals surface area contributed by atoms with Gasteiger partial charge in [0.05, 0.1) is 18.0 Å². The third-order valence-corrected chi connectivity index (χ3v) is 6.35. The first-order chi connectivity index (χ1) is 13.6. The van der Waals surface area contributed by atoms with Gasteiger partial charge in [-0.2, -0.15) is 5.10 Å². The molecule has 28 heavy (non-hydrogen) atoms. The molecule has 6 heteroatoms. The number of likely N-dealkylation sites (N-methyl/N-ethyl adjacent to an activating group) is 1. The molecule has 2 atom stereocenters. The molecule has 0 amide bonds. The van der Waals surface area contributed by atoms with Crippen LogP contribution in [-0.4, -0.2) is 50.8 Å². The molecule has 1 N–H and O–H groups in total. The second kappa shape index (κ2) is 6.87. The molecule has 2 bridgehead atoms. The summed E-state index contributed by atoms with van der Waals surface area (Å²) in [4.78, 5) is 9.40. The van der Waals surface area contributed by atoms with E-state index in [2.05, 4.69) is 60.9 Å². The zero-order valence-corrected chi connectivity index (χ0v) is 16.5. The van der Waals surface area contributed by atoms with Crippen LogP contribution in [0.4, 0.5) is 5.69 Å². The Hall–Kier alpha value is -2.44. The highest BCUT2D eigenvalue weighted by Gasteiger charge is 2.41. The molecule has 6 nitrogen and oxygen atoms in total. The zero-order valence-electron chi connectivity index (χ0n) is 16.5. The quantitative estimate of drug-likeness (QED) is 0.741. The van der Waals surface area contributed by atoms with E-state index >= 15 is 0 Å². The summed E-state index contributed by atoms with van der Waals surface area (Å²) in [5.41, 5.74) is 7.18. The van der Waals surface area contributed by atoms with Gasteiger partial charge in [0, 0.05) is 62.2 Å². The summed E-state index contributed by atoms with van der Waals surface area (Å²) in [7, 11) is 2.01. The number of aromatic nitrogens is 3. The molecule has 0 saturated carbocycles. The van der Waals surface area contributed by atoms with Crippen molar-refractivity contribution in [3.63, 3.8) is 0 Å². The Bertz CT molecular complexity index is 996. The van der Waals surface area contributed by atoms with E-state index in [-0.39, 0.29) is 6.61 Å². The number of aryl methyl sites for hydroxylation is 1. The van der Waals surface area contributed by atoms with Gasteiger partial charge in [-0.3, -0.25) is 4.90 Å². The minimum atomic E-state index is 0.172. The lowest BCUT2D eigenvalue weighted by molar-refractivity contribution is 0.165. The number of rotatable bonds is 5. The number of fused-ring (bicyclic) bond motifs is 6. The van der Waals surface area contributed by atoms with Gasteiger partial charge in [-0.15, -0.1) is 0 Å². The van der Waals surface area contributed by atoms with Gasteiger partial charge < -0.3 is 10.0 Å². The number of nitrogens with zero attached hydrogens (tertiary/aromatic N) is 5. The van der Waals surface area contributed by atoms with E-state index in [0.717, 1.165) is 30.0 Å². The zero-order chi connectivity index (χ0) is 19.3. The molecule has 0 spiro atoms. The summed E-state index contributed by atoms with van der Waals surface area (Å²) in [6, 6.07) is 11.8.